The quantitative estimate of drug-likeness (QED) is 0.0856. The molecule has 0 aromatic heterocycles. The Balaban J connectivity index is 1.98. The number of hydrogen-bond acceptors (Lipinski definition) is 8. The molecule has 0 saturated carbocycles. The summed E-state index contributed by atoms with van der Waals surface area (Å²) in [6.45, 7) is 10.5. The fourth-order valence-corrected chi connectivity index (χ4v) is 6.93. The number of cyclic esters (lactones) is 1. The Morgan fingerprint density at radius 1 is 0.920 bits per heavy atom. The van der Waals surface area contributed by atoms with Crippen LogP contribution in [0.2, 0.25) is 0 Å². The zero-order valence-corrected chi connectivity index (χ0v) is 30.6. The van der Waals surface area contributed by atoms with Crippen molar-refractivity contribution in [1.82, 2.24) is 4.90 Å². The molecule has 9 nitrogen and oxygen atoms in total. The van der Waals surface area contributed by atoms with Gasteiger partial charge in [-0.25, -0.2) is 9.69 Å². The standard InChI is InChI=1S/C41H55NO8/c1-28(2)38-41(5,6)50-40(48)42(38)39(47)34(26-31-20-14-13-15-21-31)37(49-30(4)44)36(46)27-33(32-22-18-19-29(3)25-32)35(45)23-16-11-9-7-8-10-12-17-24-43/h13-15,18-22,25,27-28,34,37-38,43H,7-12,16-17,23-24,26H2,1-6H3/t34-,37-,38-/m0/s1. The van der Waals surface area contributed by atoms with Gasteiger partial charge in [-0.05, 0) is 63.2 Å². The number of aryl methyl sites for hydroxylation is 1. The van der Waals surface area contributed by atoms with Crippen LogP contribution in [0, 0.1) is 18.8 Å². The van der Waals surface area contributed by atoms with Crippen molar-refractivity contribution in [1.29, 1.82) is 0 Å². The molecule has 3 rings (SSSR count). The van der Waals surface area contributed by atoms with E-state index in [0.717, 1.165) is 62.3 Å². The van der Waals surface area contributed by atoms with Gasteiger partial charge in [-0.2, -0.15) is 0 Å². The van der Waals surface area contributed by atoms with Gasteiger partial charge in [0.1, 0.15) is 5.60 Å². The summed E-state index contributed by atoms with van der Waals surface area (Å²) in [5.74, 6) is -3.83. The Kier molecular flexibility index (Phi) is 15.6. The number of esters is 1. The Labute approximate surface area is 297 Å². The number of nitrogens with zero attached hydrogens (tertiary/aromatic N) is 1. The highest BCUT2D eigenvalue weighted by Crippen LogP contribution is 2.36. The maximum Gasteiger partial charge on any atom is 0.417 e. The second kappa shape index (κ2) is 19.3. The molecule has 1 fully saturated rings. The van der Waals surface area contributed by atoms with E-state index in [9.17, 15) is 24.0 Å². The molecule has 2 aromatic carbocycles. The van der Waals surface area contributed by atoms with Crippen molar-refractivity contribution in [2.45, 2.75) is 123 Å². The van der Waals surface area contributed by atoms with E-state index >= 15 is 0 Å². The van der Waals surface area contributed by atoms with Gasteiger partial charge in [0, 0.05) is 25.5 Å². The normalized spacial score (nSPS) is 17.0. The van der Waals surface area contributed by atoms with E-state index < -0.39 is 47.4 Å². The lowest BCUT2D eigenvalue weighted by atomic mass is 9.85. The third-order valence-electron chi connectivity index (χ3n) is 9.19. The number of imide groups is 1. The second-order valence-electron chi connectivity index (χ2n) is 14.2. The highest BCUT2D eigenvalue weighted by Gasteiger charge is 2.54. The van der Waals surface area contributed by atoms with Crippen LogP contribution in [0.1, 0.15) is 109 Å². The van der Waals surface area contributed by atoms with Crippen molar-refractivity contribution in [3.63, 3.8) is 0 Å². The van der Waals surface area contributed by atoms with E-state index in [1.54, 1.807) is 44.2 Å². The van der Waals surface area contributed by atoms with Crippen LogP contribution in [0.3, 0.4) is 0 Å². The van der Waals surface area contributed by atoms with Gasteiger partial charge in [-0.15, -0.1) is 0 Å². The van der Waals surface area contributed by atoms with E-state index in [1.807, 2.05) is 45.0 Å². The average molecular weight is 690 g/mol. The number of aliphatic hydroxyl groups is 1. The molecule has 9 heteroatoms. The van der Waals surface area contributed by atoms with Crippen LogP contribution >= 0.6 is 0 Å². The van der Waals surface area contributed by atoms with Gasteiger partial charge in [0.2, 0.25) is 5.91 Å². The number of carbonyl (C=O) groups excluding carboxylic acids is 5. The van der Waals surface area contributed by atoms with Crippen molar-refractivity contribution < 1.29 is 38.6 Å². The molecule has 0 aliphatic carbocycles. The molecule has 1 aliphatic heterocycles. The van der Waals surface area contributed by atoms with Crippen molar-refractivity contribution >= 4 is 35.1 Å². The molecule has 2 aromatic rings. The highest BCUT2D eigenvalue weighted by molar-refractivity contribution is 6.25. The van der Waals surface area contributed by atoms with Crippen LogP contribution in [0.4, 0.5) is 4.79 Å². The molecule has 1 N–H and O–H groups in total. The zero-order chi connectivity index (χ0) is 36.8. The number of Topliss-reactive ketones (excluding diaryl/α,β-unsaturated/α-hetero) is 1. The number of amides is 2. The number of benzene rings is 2. The molecule has 2 amide bonds. The molecule has 1 aliphatic rings. The van der Waals surface area contributed by atoms with Crippen LogP contribution in [0.5, 0.6) is 0 Å². The Bertz CT molecular complexity index is 1490. The number of unbranched alkanes of at least 4 members (excludes halogenated alkanes) is 7. The number of ketones is 2. The summed E-state index contributed by atoms with van der Waals surface area (Å²) in [4.78, 5) is 69.5. The molecule has 0 unspecified atom stereocenters. The first-order chi connectivity index (χ1) is 23.8. The lowest BCUT2D eigenvalue weighted by Crippen LogP contribution is -2.53. The summed E-state index contributed by atoms with van der Waals surface area (Å²) in [6.07, 6.45) is 6.57. The average Bonchev–Trinajstić information content (AvgIpc) is 3.31. The lowest BCUT2D eigenvalue weighted by molar-refractivity contribution is -0.159. The van der Waals surface area contributed by atoms with E-state index in [2.05, 4.69) is 0 Å². The third kappa shape index (κ3) is 11.5. The molecule has 0 bridgehead atoms. The molecule has 1 saturated heterocycles. The number of carbonyl (C=O) groups is 5. The van der Waals surface area contributed by atoms with Gasteiger partial charge in [0.25, 0.3) is 0 Å². The number of hydrogen-bond donors (Lipinski definition) is 1. The number of allylic oxidation sites excluding steroid dienone is 1. The minimum Gasteiger partial charge on any atom is -0.453 e. The zero-order valence-electron chi connectivity index (χ0n) is 30.6. The van der Waals surface area contributed by atoms with E-state index in [0.29, 0.717) is 17.5 Å². The van der Waals surface area contributed by atoms with Crippen molar-refractivity contribution in [3.8, 4) is 0 Å². The van der Waals surface area contributed by atoms with E-state index in [1.165, 1.54) is 6.08 Å². The fourth-order valence-electron chi connectivity index (χ4n) is 6.93. The summed E-state index contributed by atoms with van der Waals surface area (Å²) in [5.41, 5.74) is 1.37. The molecule has 272 valence electrons. The van der Waals surface area contributed by atoms with Crippen molar-refractivity contribution in [2.75, 3.05) is 6.61 Å². The first kappa shape index (κ1) is 40.3. The summed E-state index contributed by atoms with van der Waals surface area (Å²) in [5, 5.41) is 8.95. The van der Waals surface area contributed by atoms with Gasteiger partial charge < -0.3 is 14.6 Å². The first-order valence-electron chi connectivity index (χ1n) is 18.0. The number of ether oxygens (including phenoxy) is 2. The largest absolute Gasteiger partial charge is 0.453 e. The summed E-state index contributed by atoms with van der Waals surface area (Å²) in [6, 6.07) is 15.7. The van der Waals surface area contributed by atoms with Crippen molar-refractivity contribution in [2.24, 2.45) is 11.8 Å². The minimum atomic E-state index is -1.61. The molecule has 0 radical (unpaired) electrons. The van der Waals surface area contributed by atoms with Crippen LogP contribution in [0.25, 0.3) is 5.57 Å². The fraction of sp³-hybridized carbons (Fsp3) is 0.537. The Morgan fingerprint density at radius 3 is 2.12 bits per heavy atom. The highest BCUT2D eigenvalue weighted by atomic mass is 16.6. The smallest absolute Gasteiger partial charge is 0.417 e. The van der Waals surface area contributed by atoms with Crippen LogP contribution < -0.4 is 0 Å². The summed E-state index contributed by atoms with van der Waals surface area (Å²) < 4.78 is 11.3. The van der Waals surface area contributed by atoms with Gasteiger partial charge in [-0.1, -0.05) is 113 Å². The topological polar surface area (TPSA) is 127 Å². The number of aliphatic hydroxyl groups excluding tert-OH is 1. The molecule has 1 heterocycles. The van der Waals surface area contributed by atoms with Crippen LogP contribution in [-0.2, 0) is 35.1 Å². The Hall–Kier alpha value is -4.11. The van der Waals surface area contributed by atoms with E-state index in [-0.39, 0.29) is 36.7 Å². The Morgan fingerprint density at radius 2 is 1.54 bits per heavy atom. The van der Waals surface area contributed by atoms with Gasteiger partial charge in [-0.3, -0.25) is 19.2 Å². The van der Waals surface area contributed by atoms with E-state index in [4.69, 9.17) is 14.6 Å². The van der Waals surface area contributed by atoms with Crippen LogP contribution in [0.15, 0.2) is 60.7 Å². The maximum atomic E-state index is 14.5. The maximum absolute atomic E-state index is 14.5. The van der Waals surface area contributed by atoms with Gasteiger partial charge in [0.15, 0.2) is 17.7 Å². The van der Waals surface area contributed by atoms with Gasteiger partial charge in [0.05, 0.1) is 12.0 Å². The summed E-state index contributed by atoms with van der Waals surface area (Å²) in [7, 11) is 0. The SMILES string of the molecule is CC(=O)O[C@H](C(=O)C=C(C(=O)CCCCCCCCCCO)c1cccc(C)c1)[C@H](Cc1ccccc1)C(=O)N1C(=O)OC(C)(C)[C@@H]1C(C)C. The van der Waals surface area contributed by atoms with Crippen molar-refractivity contribution in [3.05, 3.63) is 77.4 Å². The monoisotopic (exact) mass is 689 g/mol. The molecule has 50 heavy (non-hydrogen) atoms. The van der Waals surface area contributed by atoms with Crippen LogP contribution in [-0.4, -0.2) is 63.9 Å². The number of rotatable bonds is 20. The molecular formula is C41H55NO8. The van der Waals surface area contributed by atoms with Gasteiger partial charge >= 0.3 is 12.1 Å². The second-order valence-corrected chi connectivity index (χ2v) is 14.2. The first-order valence-corrected chi connectivity index (χ1v) is 18.0. The predicted molar refractivity (Wildman–Crippen MR) is 193 cm³/mol. The molecule has 0 spiro atoms. The third-order valence-corrected chi connectivity index (χ3v) is 9.19. The molecular weight excluding hydrogens is 634 g/mol. The lowest BCUT2D eigenvalue weighted by Gasteiger charge is -2.34. The predicted octanol–water partition coefficient (Wildman–Crippen LogP) is 7.59. The minimum absolute atomic E-state index is 0.0000509. The summed E-state index contributed by atoms with van der Waals surface area (Å²) >= 11 is 0. The molecule has 3 atom stereocenters.